The molecule has 1 saturated carbocycles. The standard InChI is InChI=1S/C20H24N6OS/c1-14(18(27)22-17-8-4-3-7-15(17)13-21)28-20-24-23-19(26(20)16-9-10-16)25-11-5-2-6-12-25/h3-4,7-8,14,16H,2,5-6,9-12H2,1H3,(H,22,27)/t14-/m0/s1. The lowest BCUT2D eigenvalue weighted by Crippen LogP contribution is -2.32. The van der Waals surface area contributed by atoms with Gasteiger partial charge >= 0.3 is 0 Å². The smallest absolute Gasteiger partial charge is 0.237 e. The Morgan fingerprint density at radius 3 is 2.71 bits per heavy atom. The highest BCUT2D eigenvalue weighted by Gasteiger charge is 2.33. The summed E-state index contributed by atoms with van der Waals surface area (Å²) in [5.74, 6) is 0.810. The highest BCUT2D eigenvalue weighted by Crippen LogP contribution is 2.42. The Morgan fingerprint density at radius 1 is 1.25 bits per heavy atom. The van der Waals surface area contributed by atoms with Crippen LogP contribution in [-0.4, -0.2) is 39.0 Å². The van der Waals surface area contributed by atoms with Gasteiger partial charge in [0, 0.05) is 19.1 Å². The van der Waals surface area contributed by atoms with E-state index in [1.54, 1.807) is 18.2 Å². The van der Waals surface area contributed by atoms with E-state index in [4.69, 9.17) is 0 Å². The van der Waals surface area contributed by atoms with Crippen LogP contribution in [0.2, 0.25) is 0 Å². The summed E-state index contributed by atoms with van der Waals surface area (Å²) in [6.45, 7) is 3.91. The van der Waals surface area contributed by atoms with Crippen LogP contribution in [0.4, 0.5) is 11.6 Å². The molecule has 146 valence electrons. The first kappa shape index (κ1) is 18.8. The van der Waals surface area contributed by atoms with E-state index in [2.05, 4.69) is 31.1 Å². The SMILES string of the molecule is C[C@H](Sc1nnc(N2CCCCC2)n1C1CC1)C(=O)Nc1ccccc1C#N. The van der Waals surface area contributed by atoms with E-state index in [1.807, 2.05) is 13.0 Å². The van der Waals surface area contributed by atoms with Crippen LogP contribution in [0, 0.1) is 11.3 Å². The Hall–Kier alpha value is -2.53. The van der Waals surface area contributed by atoms with E-state index in [9.17, 15) is 10.1 Å². The summed E-state index contributed by atoms with van der Waals surface area (Å²) in [6, 6.07) is 9.59. The summed E-state index contributed by atoms with van der Waals surface area (Å²) in [6.07, 6.45) is 5.94. The molecular formula is C20H24N6OS. The lowest BCUT2D eigenvalue weighted by Gasteiger charge is -2.28. The van der Waals surface area contributed by atoms with Crippen molar-refractivity contribution in [3.8, 4) is 6.07 Å². The second-order valence-corrected chi connectivity index (χ2v) is 8.65. The second kappa shape index (κ2) is 8.23. The zero-order chi connectivity index (χ0) is 19.5. The lowest BCUT2D eigenvalue weighted by molar-refractivity contribution is -0.115. The average molecular weight is 397 g/mol. The van der Waals surface area contributed by atoms with Crippen LogP contribution in [0.5, 0.6) is 0 Å². The largest absolute Gasteiger partial charge is 0.341 e. The topological polar surface area (TPSA) is 86.8 Å². The predicted octanol–water partition coefficient (Wildman–Crippen LogP) is 3.59. The zero-order valence-electron chi connectivity index (χ0n) is 16.0. The molecule has 1 amide bonds. The molecule has 0 spiro atoms. The Balaban J connectivity index is 1.48. The summed E-state index contributed by atoms with van der Waals surface area (Å²) in [5.41, 5.74) is 1.00. The number of para-hydroxylation sites is 1. The molecule has 1 aromatic heterocycles. The number of thioether (sulfide) groups is 1. The molecule has 2 aromatic rings. The summed E-state index contributed by atoms with van der Waals surface area (Å²) in [5, 5.41) is 21.4. The number of aromatic nitrogens is 3. The van der Waals surface area contributed by atoms with Crippen molar-refractivity contribution >= 4 is 29.3 Å². The van der Waals surface area contributed by atoms with E-state index < -0.39 is 0 Å². The molecule has 4 rings (SSSR count). The van der Waals surface area contributed by atoms with E-state index in [0.29, 0.717) is 17.3 Å². The number of piperidine rings is 1. The van der Waals surface area contributed by atoms with Crippen molar-refractivity contribution in [3.63, 3.8) is 0 Å². The van der Waals surface area contributed by atoms with Crippen LogP contribution in [-0.2, 0) is 4.79 Å². The molecule has 1 N–H and O–H groups in total. The Labute approximate surface area is 169 Å². The fourth-order valence-electron chi connectivity index (χ4n) is 3.45. The van der Waals surface area contributed by atoms with Crippen molar-refractivity contribution in [2.75, 3.05) is 23.3 Å². The van der Waals surface area contributed by atoms with Crippen molar-refractivity contribution < 1.29 is 4.79 Å². The molecule has 1 aliphatic carbocycles. The molecular weight excluding hydrogens is 372 g/mol. The van der Waals surface area contributed by atoms with Crippen LogP contribution >= 0.6 is 11.8 Å². The first-order valence-corrected chi connectivity index (χ1v) is 10.7. The third-order valence-electron chi connectivity index (χ3n) is 5.15. The van der Waals surface area contributed by atoms with Gasteiger partial charge < -0.3 is 10.2 Å². The van der Waals surface area contributed by atoms with Crippen LogP contribution in [0.25, 0.3) is 0 Å². The van der Waals surface area contributed by atoms with Gasteiger partial charge in [-0.15, -0.1) is 10.2 Å². The minimum Gasteiger partial charge on any atom is -0.341 e. The van der Waals surface area contributed by atoms with Crippen LogP contribution in [0.1, 0.15) is 50.6 Å². The second-order valence-electron chi connectivity index (χ2n) is 7.34. The van der Waals surface area contributed by atoms with Gasteiger partial charge in [0.05, 0.1) is 16.5 Å². The number of anilines is 2. The molecule has 1 aliphatic heterocycles. The third-order valence-corrected chi connectivity index (χ3v) is 6.21. The fourth-order valence-corrected chi connectivity index (χ4v) is 4.36. The van der Waals surface area contributed by atoms with E-state index in [-0.39, 0.29) is 11.2 Å². The first-order valence-electron chi connectivity index (χ1n) is 9.84. The quantitative estimate of drug-likeness (QED) is 0.751. The van der Waals surface area contributed by atoms with Gasteiger partial charge in [-0.05, 0) is 51.2 Å². The number of carbonyl (C=O) groups is 1. The van der Waals surface area contributed by atoms with E-state index in [0.717, 1.165) is 37.0 Å². The fraction of sp³-hybridized carbons (Fsp3) is 0.500. The van der Waals surface area contributed by atoms with Crippen molar-refractivity contribution in [2.45, 2.75) is 55.5 Å². The molecule has 1 atom stereocenters. The highest BCUT2D eigenvalue weighted by atomic mass is 32.2. The average Bonchev–Trinajstić information content (AvgIpc) is 3.49. The van der Waals surface area contributed by atoms with Gasteiger partial charge in [0.15, 0.2) is 5.16 Å². The van der Waals surface area contributed by atoms with Crippen molar-refractivity contribution in [2.24, 2.45) is 0 Å². The molecule has 0 radical (unpaired) electrons. The van der Waals surface area contributed by atoms with Crippen molar-refractivity contribution in [1.82, 2.24) is 14.8 Å². The maximum atomic E-state index is 12.7. The summed E-state index contributed by atoms with van der Waals surface area (Å²) in [4.78, 5) is 15.0. The molecule has 1 aromatic carbocycles. The number of nitrogens with zero attached hydrogens (tertiary/aromatic N) is 5. The maximum Gasteiger partial charge on any atom is 0.237 e. The lowest BCUT2D eigenvalue weighted by atomic mass is 10.1. The van der Waals surface area contributed by atoms with Crippen LogP contribution in [0.15, 0.2) is 29.4 Å². The minimum atomic E-state index is -0.345. The number of rotatable bonds is 6. The number of nitrogens with one attached hydrogen (secondary N) is 1. The molecule has 0 bridgehead atoms. The number of hydrogen-bond donors (Lipinski definition) is 1. The molecule has 8 heteroatoms. The van der Waals surface area contributed by atoms with Gasteiger partial charge in [-0.2, -0.15) is 5.26 Å². The van der Waals surface area contributed by atoms with Gasteiger partial charge in [0.25, 0.3) is 0 Å². The monoisotopic (exact) mass is 396 g/mol. The molecule has 28 heavy (non-hydrogen) atoms. The van der Waals surface area contributed by atoms with Gasteiger partial charge in [0.1, 0.15) is 6.07 Å². The molecule has 0 unspecified atom stereocenters. The van der Waals surface area contributed by atoms with Crippen LogP contribution in [0.3, 0.4) is 0 Å². The number of amides is 1. The summed E-state index contributed by atoms with van der Waals surface area (Å²) in [7, 11) is 0. The maximum absolute atomic E-state index is 12.7. The van der Waals surface area contributed by atoms with Crippen molar-refractivity contribution in [3.05, 3.63) is 29.8 Å². The Bertz CT molecular complexity index is 894. The highest BCUT2D eigenvalue weighted by molar-refractivity contribution is 8.00. The Morgan fingerprint density at radius 2 is 2.00 bits per heavy atom. The van der Waals surface area contributed by atoms with Gasteiger partial charge in [-0.1, -0.05) is 23.9 Å². The number of benzene rings is 1. The molecule has 2 aliphatic rings. The molecule has 2 heterocycles. The number of carbonyl (C=O) groups excluding carboxylic acids is 1. The third kappa shape index (κ3) is 3.99. The zero-order valence-corrected chi connectivity index (χ0v) is 16.8. The van der Waals surface area contributed by atoms with Crippen LogP contribution < -0.4 is 10.2 Å². The number of nitriles is 1. The first-order chi connectivity index (χ1) is 13.7. The minimum absolute atomic E-state index is 0.141. The molecule has 1 saturated heterocycles. The summed E-state index contributed by atoms with van der Waals surface area (Å²) < 4.78 is 2.23. The van der Waals surface area contributed by atoms with E-state index in [1.165, 1.54) is 31.0 Å². The number of hydrogen-bond acceptors (Lipinski definition) is 6. The van der Waals surface area contributed by atoms with Gasteiger partial charge in [-0.25, -0.2) is 0 Å². The Kier molecular flexibility index (Phi) is 5.53. The molecule has 7 nitrogen and oxygen atoms in total. The summed E-state index contributed by atoms with van der Waals surface area (Å²) >= 11 is 1.43. The van der Waals surface area contributed by atoms with Gasteiger partial charge in [-0.3, -0.25) is 9.36 Å². The van der Waals surface area contributed by atoms with Crippen molar-refractivity contribution in [1.29, 1.82) is 5.26 Å². The van der Waals surface area contributed by atoms with E-state index >= 15 is 0 Å². The van der Waals surface area contributed by atoms with Gasteiger partial charge in [0.2, 0.25) is 11.9 Å². The molecule has 2 fully saturated rings. The predicted molar refractivity (Wildman–Crippen MR) is 109 cm³/mol. The normalized spacial score (nSPS) is 17.8.